The quantitative estimate of drug-likeness (QED) is 0.149. The minimum absolute atomic E-state index is 0.0315. The van der Waals surface area contributed by atoms with Crippen LogP contribution in [0.2, 0.25) is 0 Å². The van der Waals surface area contributed by atoms with E-state index in [1.54, 1.807) is 0 Å². The van der Waals surface area contributed by atoms with E-state index in [0.29, 0.717) is 17.8 Å². The third kappa shape index (κ3) is 7.30. The van der Waals surface area contributed by atoms with Crippen LogP contribution in [0.4, 0.5) is 22.7 Å². The number of pyridine rings is 1. The average Bonchev–Trinajstić information content (AvgIpc) is 4.04. The third-order valence-electron chi connectivity index (χ3n) is 14.4. The van der Waals surface area contributed by atoms with Crippen LogP contribution in [0, 0.1) is 0 Å². The first-order valence-corrected chi connectivity index (χ1v) is 24.4. The van der Waals surface area contributed by atoms with Crippen LogP contribution in [0.15, 0.2) is 170 Å². The molecule has 0 N–H and O–H groups in total. The Morgan fingerprint density at radius 3 is 1.94 bits per heavy atom. The number of benzene rings is 7. The van der Waals surface area contributed by atoms with Crippen molar-refractivity contribution < 1.29 is 4.79 Å². The highest BCUT2D eigenvalue weighted by molar-refractivity contribution is 6.15. The molecule has 0 bridgehead atoms. The zero-order chi connectivity index (χ0) is 47.2. The average molecular weight is 901 g/mol. The molecule has 10 aromatic rings. The lowest BCUT2D eigenvalue weighted by Gasteiger charge is -2.30. The molecule has 0 atom stereocenters. The molecule has 12 rings (SSSR count). The number of imidazole rings is 1. The highest BCUT2D eigenvalue weighted by Gasteiger charge is 2.35. The van der Waals surface area contributed by atoms with Gasteiger partial charge in [-0.1, -0.05) is 145 Å². The van der Waals surface area contributed by atoms with Crippen LogP contribution in [0.3, 0.4) is 0 Å². The number of aromatic nitrogens is 4. The highest BCUT2D eigenvalue weighted by atomic mass is 16.1. The number of nitrogens with zero attached hydrogens (tertiary/aromatic N) is 6. The van der Waals surface area contributed by atoms with E-state index in [9.17, 15) is 4.79 Å². The second-order valence-corrected chi connectivity index (χ2v) is 21.0. The second-order valence-electron chi connectivity index (χ2n) is 21.0. The van der Waals surface area contributed by atoms with Crippen LogP contribution in [-0.4, -0.2) is 31.6 Å². The molecule has 340 valence electrons. The molecule has 0 saturated heterocycles. The van der Waals surface area contributed by atoms with E-state index in [0.717, 1.165) is 87.5 Å². The molecule has 2 aliphatic rings. The van der Waals surface area contributed by atoms with Crippen molar-refractivity contribution >= 4 is 61.4 Å². The molecular formula is C62H56N6O. The zero-order valence-corrected chi connectivity index (χ0v) is 40.3. The minimum Gasteiger partial charge on any atom is -0.328 e. The maximum Gasteiger partial charge on any atom is 0.193 e. The monoisotopic (exact) mass is 900 g/mol. The lowest BCUT2D eigenvalue weighted by molar-refractivity contribution is 0.103. The molecule has 7 heteroatoms. The number of aryl methyl sites for hydroxylation is 2. The van der Waals surface area contributed by atoms with Gasteiger partial charge in [-0.15, -0.1) is 0 Å². The second kappa shape index (κ2) is 16.2. The summed E-state index contributed by atoms with van der Waals surface area (Å²) in [5.41, 5.74) is 16.8. The molecule has 0 unspecified atom stereocenters. The maximum absolute atomic E-state index is 15.0. The minimum atomic E-state index is -0.0916. The summed E-state index contributed by atoms with van der Waals surface area (Å²) in [7, 11) is 0. The number of fused-ring (bicyclic) bond motifs is 7. The van der Waals surface area contributed by atoms with E-state index < -0.39 is 0 Å². The van der Waals surface area contributed by atoms with Gasteiger partial charge in [0.25, 0.3) is 0 Å². The normalized spacial score (nSPS) is 13.9. The molecule has 69 heavy (non-hydrogen) atoms. The first kappa shape index (κ1) is 42.6. The van der Waals surface area contributed by atoms with Gasteiger partial charge in [0.05, 0.1) is 39.1 Å². The lowest BCUT2D eigenvalue weighted by atomic mass is 9.82. The Morgan fingerprint density at radius 2 is 1.22 bits per heavy atom. The van der Waals surface area contributed by atoms with Crippen molar-refractivity contribution in [2.24, 2.45) is 0 Å². The Balaban J connectivity index is 1.01. The van der Waals surface area contributed by atoms with Gasteiger partial charge in [-0.3, -0.25) is 9.36 Å². The van der Waals surface area contributed by atoms with E-state index in [4.69, 9.17) is 9.97 Å². The van der Waals surface area contributed by atoms with Gasteiger partial charge in [0, 0.05) is 57.9 Å². The Hall–Kier alpha value is -7.77. The van der Waals surface area contributed by atoms with Gasteiger partial charge >= 0.3 is 0 Å². The Kier molecular flexibility index (Phi) is 9.99. The molecular weight excluding hydrogens is 845 g/mol. The van der Waals surface area contributed by atoms with Gasteiger partial charge in [-0.2, -0.15) is 0 Å². The third-order valence-corrected chi connectivity index (χ3v) is 14.4. The van der Waals surface area contributed by atoms with Crippen molar-refractivity contribution in [1.29, 1.82) is 0 Å². The molecule has 3 aromatic heterocycles. The summed E-state index contributed by atoms with van der Waals surface area (Å²) in [5, 5.41) is 2.21. The SMILES string of the molecule is CC(C)(C)c1ccnc(-n2c3ccccc3c3ccc(C(=O)c4cccc(N5CN(c6c(-c7ccccc7)cc(C(C)(C)C)cc6-c6ccccc6)c6cc7c(cc65)nc5n7CCCC5)c4)cc32)c1. The fraction of sp³-hybridized carbons (Fsp3) is 0.210. The number of carbonyl (C=O) groups excluding carboxylic acids is 1. The number of carbonyl (C=O) groups is 1. The van der Waals surface area contributed by atoms with Crippen LogP contribution >= 0.6 is 0 Å². The predicted octanol–water partition coefficient (Wildman–Crippen LogP) is 15.3. The molecule has 0 amide bonds. The molecule has 0 radical (unpaired) electrons. The van der Waals surface area contributed by atoms with Crippen LogP contribution in [0.25, 0.3) is 60.9 Å². The van der Waals surface area contributed by atoms with Gasteiger partial charge in [-0.25, -0.2) is 9.97 Å². The summed E-state index contributed by atoms with van der Waals surface area (Å²) in [4.78, 5) is 30.0. The van der Waals surface area contributed by atoms with Crippen LogP contribution in [0.5, 0.6) is 0 Å². The number of para-hydroxylation sites is 1. The summed E-state index contributed by atoms with van der Waals surface area (Å²) in [6, 6.07) is 58.2. The maximum atomic E-state index is 15.0. The van der Waals surface area contributed by atoms with Crippen molar-refractivity contribution in [2.75, 3.05) is 16.5 Å². The number of anilines is 4. The van der Waals surface area contributed by atoms with Crippen molar-refractivity contribution in [3.8, 4) is 28.1 Å². The Morgan fingerprint density at radius 1 is 0.551 bits per heavy atom. The molecule has 2 aliphatic heterocycles. The molecule has 0 spiro atoms. The number of ketones is 1. The van der Waals surface area contributed by atoms with E-state index in [1.165, 1.54) is 38.9 Å². The predicted molar refractivity (Wildman–Crippen MR) is 285 cm³/mol. The van der Waals surface area contributed by atoms with E-state index >= 15 is 0 Å². The molecule has 7 aromatic carbocycles. The van der Waals surface area contributed by atoms with Gasteiger partial charge in [-0.05, 0) is 107 Å². The van der Waals surface area contributed by atoms with Crippen LogP contribution in [-0.2, 0) is 23.8 Å². The van der Waals surface area contributed by atoms with Crippen molar-refractivity contribution in [3.63, 3.8) is 0 Å². The van der Waals surface area contributed by atoms with Gasteiger partial charge < -0.3 is 14.4 Å². The Bertz CT molecular complexity index is 3580. The largest absolute Gasteiger partial charge is 0.328 e. The summed E-state index contributed by atoms with van der Waals surface area (Å²) in [5.74, 6) is 1.96. The summed E-state index contributed by atoms with van der Waals surface area (Å²) in [6.45, 7) is 15.1. The van der Waals surface area contributed by atoms with Crippen molar-refractivity contribution in [1.82, 2.24) is 19.1 Å². The first-order valence-electron chi connectivity index (χ1n) is 24.4. The van der Waals surface area contributed by atoms with Gasteiger partial charge in [0.2, 0.25) is 0 Å². The molecule has 5 heterocycles. The molecule has 0 saturated carbocycles. The zero-order valence-electron chi connectivity index (χ0n) is 40.3. The first-order chi connectivity index (χ1) is 33.4. The molecule has 0 aliphatic carbocycles. The molecule has 0 fully saturated rings. The fourth-order valence-electron chi connectivity index (χ4n) is 10.7. The number of hydrogen-bond donors (Lipinski definition) is 0. The van der Waals surface area contributed by atoms with E-state index in [1.807, 2.05) is 24.4 Å². The van der Waals surface area contributed by atoms with Crippen LogP contribution < -0.4 is 9.80 Å². The molecule has 7 nitrogen and oxygen atoms in total. The van der Waals surface area contributed by atoms with E-state index in [-0.39, 0.29) is 16.6 Å². The highest BCUT2D eigenvalue weighted by Crippen LogP contribution is 2.52. The van der Waals surface area contributed by atoms with Crippen molar-refractivity contribution in [2.45, 2.75) is 78.2 Å². The number of hydrogen-bond acceptors (Lipinski definition) is 5. The summed E-state index contributed by atoms with van der Waals surface area (Å²) >= 11 is 0. The summed E-state index contributed by atoms with van der Waals surface area (Å²) in [6.07, 6.45) is 5.17. The lowest BCUT2D eigenvalue weighted by Crippen LogP contribution is -2.25. The van der Waals surface area contributed by atoms with Gasteiger partial charge in [0.15, 0.2) is 5.78 Å². The topological polar surface area (TPSA) is 59.2 Å². The number of rotatable bonds is 7. The Labute approximate surface area is 404 Å². The fourth-order valence-corrected chi connectivity index (χ4v) is 10.7. The van der Waals surface area contributed by atoms with Gasteiger partial charge in [0.1, 0.15) is 18.3 Å². The van der Waals surface area contributed by atoms with Crippen LogP contribution in [0.1, 0.15) is 87.3 Å². The van der Waals surface area contributed by atoms with E-state index in [2.05, 4.69) is 206 Å². The summed E-state index contributed by atoms with van der Waals surface area (Å²) < 4.78 is 4.64. The smallest absolute Gasteiger partial charge is 0.193 e. The van der Waals surface area contributed by atoms with Crippen molar-refractivity contribution in [3.05, 3.63) is 198 Å². The standard InChI is InChI=1S/C62H56N6O/c1-61(2,3)44-29-30-63-58(36-44)68-52-25-14-13-24-47(52)48-28-27-43(33-53(48)68)60(69)42-22-17-23-46(32-42)66-39-67(56-38-54-51(37-55(56)66)64-57-26-15-16-31-65(54)57)59-49(40-18-9-7-10-19-40)34-45(62(4,5)6)35-50(59)41-20-11-8-12-21-41/h7-14,17-25,27-30,32-38H,15-16,26,31,39H2,1-6H3.